The zero-order chi connectivity index (χ0) is 34.7. The molecule has 264 valence electrons. The molecule has 1 fully saturated rings. The second kappa shape index (κ2) is 21.3. The van der Waals surface area contributed by atoms with Gasteiger partial charge in [-0.05, 0) is 6.42 Å². The van der Waals surface area contributed by atoms with Gasteiger partial charge in [-0.3, -0.25) is 52.9 Å². The molecule has 0 radical (unpaired) electrons. The maximum atomic E-state index is 13.0. The number of carboxylic acids is 3. The van der Waals surface area contributed by atoms with E-state index in [0.717, 1.165) is 0 Å². The molecule has 0 unspecified atom stereocenters. The van der Waals surface area contributed by atoms with Crippen LogP contribution < -0.4 is 16.0 Å². The maximum Gasteiger partial charge on any atom is 0.317 e. The van der Waals surface area contributed by atoms with Crippen LogP contribution in [0, 0.1) is 0 Å². The van der Waals surface area contributed by atoms with Gasteiger partial charge in [0.05, 0.1) is 26.2 Å². The van der Waals surface area contributed by atoms with Crippen molar-refractivity contribution in [2.24, 2.45) is 0 Å². The molecule has 0 spiro atoms. The molecular weight excluding hydrogens is 638 g/mol. The Hall–Kier alpha value is -3.47. The van der Waals surface area contributed by atoms with E-state index in [2.05, 4.69) is 16.0 Å². The van der Waals surface area contributed by atoms with Crippen LogP contribution in [0.5, 0.6) is 0 Å². The molecule has 21 heteroatoms. The van der Waals surface area contributed by atoms with Crippen molar-refractivity contribution < 1.29 is 62.2 Å². The van der Waals surface area contributed by atoms with E-state index in [1.165, 1.54) is 0 Å². The monoisotopic (exact) mass is 683 g/mol. The number of nitrogens with zero attached hydrogens (tertiary/aromatic N) is 4. The van der Waals surface area contributed by atoms with Crippen molar-refractivity contribution in [3.8, 4) is 0 Å². The largest absolute Gasteiger partial charge is 0.480 e. The van der Waals surface area contributed by atoms with E-state index in [9.17, 15) is 57.1 Å². The number of amides is 3. The van der Waals surface area contributed by atoms with E-state index in [1.54, 1.807) is 19.6 Å². The highest BCUT2D eigenvalue weighted by Gasteiger charge is 2.27. The normalized spacial score (nSPS) is 17.2. The second-order valence-electron chi connectivity index (χ2n) is 10.6. The summed E-state index contributed by atoms with van der Waals surface area (Å²) >= 11 is 0. The number of carbonyl (C=O) groups is 6. The minimum atomic E-state index is -4.73. The number of aliphatic hydroxyl groups excluding tert-OH is 1. The summed E-state index contributed by atoms with van der Waals surface area (Å²) in [5.41, 5.74) is 0. The number of aliphatic carboxylic acids is 3. The minimum Gasteiger partial charge on any atom is -0.480 e. The molecule has 3 amide bonds. The lowest BCUT2D eigenvalue weighted by molar-refractivity contribution is -0.140. The van der Waals surface area contributed by atoms with Gasteiger partial charge in [0, 0.05) is 78.5 Å². The van der Waals surface area contributed by atoms with Crippen LogP contribution in [-0.2, 0) is 38.9 Å². The van der Waals surface area contributed by atoms with Gasteiger partial charge in [0.15, 0.2) is 0 Å². The van der Waals surface area contributed by atoms with Crippen molar-refractivity contribution in [2.75, 3.05) is 104 Å². The number of nitrogens with one attached hydrogen (secondary N) is 3. The lowest BCUT2D eigenvalue weighted by Gasteiger charge is -2.33. The van der Waals surface area contributed by atoms with Gasteiger partial charge < -0.3 is 36.4 Å². The molecule has 0 saturated carbocycles. The van der Waals surface area contributed by atoms with E-state index in [-0.39, 0.29) is 110 Å². The molecule has 1 rings (SSSR count). The van der Waals surface area contributed by atoms with Gasteiger partial charge >= 0.3 is 17.9 Å². The van der Waals surface area contributed by atoms with E-state index in [0.29, 0.717) is 0 Å². The highest BCUT2D eigenvalue weighted by atomic mass is 32.2. The summed E-state index contributed by atoms with van der Waals surface area (Å²) in [4.78, 5) is 77.8. The van der Waals surface area contributed by atoms with E-state index in [4.69, 9.17) is 5.11 Å². The van der Waals surface area contributed by atoms with Gasteiger partial charge in [0.1, 0.15) is 11.8 Å². The van der Waals surface area contributed by atoms with Crippen LogP contribution >= 0.6 is 0 Å². The fourth-order valence-corrected chi connectivity index (χ4v) is 5.12. The fraction of sp³-hybridized carbons (Fsp3) is 0.760. The van der Waals surface area contributed by atoms with Gasteiger partial charge in [-0.1, -0.05) is 0 Å². The first-order valence-corrected chi connectivity index (χ1v) is 16.1. The molecule has 1 aliphatic rings. The number of carbonyl (C=O) groups excluding carboxylic acids is 3. The Morgan fingerprint density at radius 1 is 0.630 bits per heavy atom. The third kappa shape index (κ3) is 19.8. The molecule has 1 aliphatic heterocycles. The predicted octanol–water partition coefficient (Wildman–Crippen LogP) is -5.16. The minimum absolute atomic E-state index is 0.0237. The molecule has 0 aliphatic carbocycles. The molecule has 0 aromatic heterocycles. The fourth-order valence-electron chi connectivity index (χ4n) is 4.46. The third-order valence-electron chi connectivity index (χ3n) is 6.71. The van der Waals surface area contributed by atoms with Crippen LogP contribution in [0.25, 0.3) is 0 Å². The molecule has 1 saturated heterocycles. The summed E-state index contributed by atoms with van der Waals surface area (Å²) in [5, 5.41) is 43.9. The average molecular weight is 684 g/mol. The summed E-state index contributed by atoms with van der Waals surface area (Å²) in [5.74, 6) is -6.63. The molecule has 1 atom stereocenters. The number of aliphatic hydroxyl groups is 1. The topological polar surface area (TPSA) is 287 Å². The van der Waals surface area contributed by atoms with Crippen molar-refractivity contribution >= 4 is 45.7 Å². The Morgan fingerprint density at radius 3 is 1.39 bits per heavy atom. The van der Waals surface area contributed by atoms with Crippen LogP contribution in [-0.4, -0.2) is 199 Å². The van der Waals surface area contributed by atoms with Crippen molar-refractivity contribution in [2.45, 2.75) is 18.9 Å². The summed E-state index contributed by atoms with van der Waals surface area (Å²) in [6.07, 6.45) is 0.311. The van der Waals surface area contributed by atoms with Crippen molar-refractivity contribution in [1.82, 2.24) is 35.6 Å². The van der Waals surface area contributed by atoms with Gasteiger partial charge in [-0.15, -0.1) is 0 Å². The maximum absolute atomic E-state index is 13.0. The van der Waals surface area contributed by atoms with Gasteiger partial charge in [-0.25, -0.2) is 0 Å². The van der Waals surface area contributed by atoms with Crippen molar-refractivity contribution in [3.63, 3.8) is 0 Å². The Bertz CT molecular complexity index is 1110. The summed E-state index contributed by atoms with van der Waals surface area (Å²) in [6, 6.07) is -1.70. The van der Waals surface area contributed by atoms with Crippen LogP contribution in [0.15, 0.2) is 0 Å². The first-order chi connectivity index (χ1) is 21.6. The van der Waals surface area contributed by atoms with E-state index >= 15 is 0 Å². The molecule has 8 N–H and O–H groups in total. The highest BCUT2D eigenvalue weighted by Crippen LogP contribution is 2.02. The number of rotatable bonds is 18. The van der Waals surface area contributed by atoms with Crippen LogP contribution in [0.4, 0.5) is 0 Å². The molecule has 20 nitrogen and oxygen atoms in total. The highest BCUT2D eigenvalue weighted by molar-refractivity contribution is 7.85. The molecule has 1 heterocycles. The Balaban J connectivity index is 2.99. The van der Waals surface area contributed by atoms with Crippen LogP contribution in [0.1, 0.15) is 12.8 Å². The lowest BCUT2D eigenvalue weighted by Crippen LogP contribution is -2.54. The van der Waals surface area contributed by atoms with Crippen molar-refractivity contribution in [3.05, 3.63) is 0 Å². The standard InChI is InChI=1S/C25H45N7O13S/c33-13-1-2-20(34)26-3-4-27-25(42)19(18-46(43,44)45)28-21(35)14-29-5-7-30(15-22(36)37)9-11-32(17-24(40)41)12-10-31(8-6-29)16-23(38)39/h19,33H,1-18H2,(H,26,34)(H,27,42)(H,28,35)(H,36,37)(H,38,39)(H,40,41)(H,43,44,45)/t19-/m0/s1. The van der Waals surface area contributed by atoms with Gasteiger partial charge in [0.25, 0.3) is 10.1 Å². The van der Waals surface area contributed by atoms with Gasteiger partial charge in [0.2, 0.25) is 17.7 Å². The Labute approximate surface area is 266 Å². The van der Waals surface area contributed by atoms with E-state index < -0.39 is 58.2 Å². The number of carboxylic acid groups (broad SMARTS) is 3. The molecule has 0 aromatic carbocycles. The Kier molecular flexibility index (Phi) is 18.8. The molecule has 0 aromatic rings. The molecule has 0 bridgehead atoms. The number of hydrogen-bond acceptors (Lipinski definition) is 13. The molecular formula is C25H45N7O13S. The lowest BCUT2D eigenvalue weighted by atomic mass is 10.3. The quantitative estimate of drug-likeness (QED) is 0.0495. The van der Waals surface area contributed by atoms with Crippen LogP contribution in [0.2, 0.25) is 0 Å². The summed E-state index contributed by atoms with van der Waals surface area (Å²) < 4.78 is 32.5. The van der Waals surface area contributed by atoms with Crippen molar-refractivity contribution in [1.29, 1.82) is 0 Å². The zero-order valence-corrected chi connectivity index (χ0v) is 26.3. The van der Waals surface area contributed by atoms with E-state index in [1.807, 2.05) is 0 Å². The second-order valence-corrected chi connectivity index (χ2v) is 12.1. The smallest absolute Gasteiger partial charge is 0.317 e. The summed E-state index contributed by atoms with van der Waals surface area (Å²) in [7, 11) is -4.73. The third-order valence-corrected chi connectivity index (χ3v) is 7.47. The summed E-state index contributed by atoms with van der Waals surface area (Å²) in [6.45, 7) is -0.654. The Morgan fingerprint density at radius 2 is 1.02 bits per heavy atom. The van der Waals surface area contributed by atoms with Crippen LogP contribution in [0.3, 0.4) is 0 Å². The first-order valence-electron chi connectivity index (χ1n) is 14.5. The average Bonchev–Trinajstić information content (AvgIpc) is 2.93. The predicted molar refractivity (Wildman–Crippen MR) is 159 cm³/mol. The first kappa shape index (κ1) is 40.6. The number of hydrogen-bond donors (Lipinski definition) is 8. The zero-order valence-electron chi connectivity index (χ0n) is 25.5. The molecule has 46 heavy (non-hydrogen) atoms. The van der Waals surface area contributed by atoms with Gasteiger partial charge in [-0.2, -0.15) is 8.42 Å². The SMILES string of the molecule is O=C(O)CN1CCN(CC(=O)O)CCN(CC(=O)N[C@@H](CS(=O)(=O)O)C(=O)NCCNC(=O)CCCO)CCN(CC(=O)O)CC1.